The average Bonchev–Trinajstić information content (AvgIpc) is 3.17. The van der Waals surface area contributed by atoms with Crippen molar-refractivity contribution in [2.75, 3.05) is 23.4 Å². The number of carbonyl (C=O) groups is 2. The van der Waals surface area contributed by atoms with Gasteiger partial charge in [-0.15, -0.1) is 0 Å². The van der Waals surface area contributed by atoms with Crippen molar-refractivity contribution in [2.45, 2.75) is 18.6 Å². The minimum Gasteiger partial charge on any atom is -0.368 e. The molecule has 0 fully saturated rings. The van der Waals surface area contributed by atoms with Crippen molar-refractivity contribution in [3.63, 3.8) is 0 Å². The molecule has 4 N–H and O–H groups in total. The van der Waals surface area contributed by atoms with E-state index < -0.39 is 35.4 Å². The van der Waals surface area contributed by atoms with E-state index in [1.165, 1.54) is 35.3 Å². The molecule has 3 rings (SSSR count). The third-order valence-electron chi connectivity index (χ3n) is 4.40. The van der Waals surface area contributed by atoms with E-state index in [4.69, 9.17) is 5.73 Å². The van der Waals surface area contributed by atoms with E-state index in [0.29, 0.717) is 11.9 Å². The molecule has 0 saturated heterocycles. The van der Waals surface area contributed by atoms with Crippen LogP contribution in [0.3, 0.4) is 0 Å². The molecule has 0 radical (unpaired) electrons. The highest BCUT2D eigenvalue weighted by molar-refractivity contribution is 6.40. The molecule has 1 unspecified atom stereocenters. The number of primary amides is 1. The minimum atomic E-state index is -4.47. The summed E-state index contributed by atoms with van der Waals surface area (Å²) in [6.45, 7) is 0.316. The first-order valence-corrected chi connectivity index (χ1v) is 9.12. The highest BCUT2D eigenvalue weighted by Crippen LogP contribution is 2.29. The second-order valence-corrected chi connectivity index (χ2v) is 6.60. The van der Waals surface area contributed by atoms with Crippen molar-refractivity contribution in [1.29, 1.82) is 0 Å². The summed E-state index contributed by atoms with van der Waals surface area (Å²) in [7, 11) is 0. The molecule has 0 spiro atoms. The molecule has 12 heteroatoms. The number of nitrogens with one attached hydrogen (secondary N) is 2. The van der Waals surface area contributed by atoms with Crippen LogP contribution in [0, 0.1) is 5.82 Å². The quantitative estimate of drug-likeness (QED) is 0.452. The number of hydrogen-bond donors (Lipinski definition) is 3. The van der Waals surface area contributed by atoms with Gasteiger partial charge in [-0.2, -0.15) is 18.3 Å². The summed E-state index contributed by atoms with van der Waals surface area (Å²) >= 11 is 0. The predicted molar refractivity (Wildman–Crippen MR) is 105 cm³/mol. The minimum absolute atomic E-state index is 0.0214. The summed E-state index contributed by atoms with van der Waals surface area (Å²) in [6, 6.07) is 6.41. The molecule has 1 aromatic carbocycles. The summed E-state index contributed by atoms with van der Waals surface area (Å²) in [6.07, 6.45) is -3.78. The Morgan fingerprint density at radius 3 is 2.42 bits per heavy atom. The van der Waals surface area contributed by atoms with Gasteiger partial charge in [-0.1, -0.05) is 0 Å². The molecule has 1 aliphatic heterocycles. The second kappa shape index (κ2) is 8.98. The molecular formula is C19H18F4N6O2. The zero-order chi connectivity index (χ0) is 22.6. The smallest absolute Gasteiger partial charge is 0.368 e. The Labute approximate surface area is 174 Å². The summed E-state index contributed by atoms with van der Waals surface area (Å²) in [4.78, 5) is 27.8. The zero-order valence-corrected chi connectivity index (χ0v) is 16.0. The molecule has 1 aliphatic rings. The lowest BCUT2D eigenvalue weighted by Gasteiger charge is -2.20. The number of anilines is 2. The third-order valence-corrected chi connectivity index (χ3v) is 4.40. The van der Waals surface area contributed by atoms with Gasteiger partial charge in [0.25, 0.3) is 5.91 Å². The highest BCUT2D eigenvalue weighted by atomic mass is 19.4. The van der Waals surface area contributed by atoms with Crippen molar-refractivity contribution >= 4 is 29.0 Å². The van der Waals surface area contributed by atoms with Gasteiger partial charge in [-0.3, -0.25) is 14.6 Å². The number of nitrogens with two attached hydrogens (primary N) is 1. The molecular weight excluding hydrogens is 420 g/mol. The van der Waals surface area contributed by atoms with Crippen LogP contribution in [0.15, 0.2) is 47.7 Å². The molecule has 0 aliphatic carbocycles. The van der Waals surface area contributed by atoms with E-state index in [1.54, 1.807) is 0 Å². The lowest BCUT2D eigenvalue weighted by atomic mass is 10.1. The van der Waals surface area contributed by atoms with Gasteiger partial charge in [0.05, 0.1) is 11.3 Å². The predicted octanol–water partition coefficient (Wildman–Crippen LogP) is 1.89. The lowest BCUT2D eigenvalue weighted by Crippen LogP contribution is -2.40. The molecule has 0 saturated carbocycles. The van der Waals surface area contributed by atoms with E-state index in [0.717, 1.165) is 6.07 Å². The number of carbonyl (C=O) groups excluding carboxylic acids is 2. The molecule has 2 aromatic rings. The number of alkyl halides is 3. The normalized spacial score (nSPS) is 16.1. The maximum atomic E-state index is 13.1. The van der Waals surface area contributed by atoms with Crippen LogP contribution in [0.4, 0.5) is 29.1 Å². The third kappa shape index (κ3) is 5.47. The first-order valence-electron chi connectivity index (χ1n) is 9.12. The number of nitrogens with zero attached hydrogens (tertiary/aromatic N) is 3. The largest absolute Gasteiger partial charge is 0.417 e. The molecule has 0 bridgehead atoms. The Bertz CT molecular complexity index is 976. The fraction of sp³-hybridized carbons (Fsp3) is 0.263. The van der Waals surface area contributed by atoms with Crippen LogP contribution in [-0.2, 0) is 15.8 Å². The van der Waals surface area contributed by atoms with Crippen LogP contribution >= 0.6 is 0 Å². The Kier molecular flexibility index (Phi) is 6.37. The average molecular weight is 438 g/mol. The van der Waals surface area contributed by atoms with Gasteiger partial charge in [-0.05, 0) is 36.4 Å². The van der Waals surface area contributed by atoms with Gasteiger partial charge in [0, 0.05) is 25.7 Å². The molecule has 31 heavy (non-hydrogen) atoms. The molecule has 1 atom stereocenters. The molecule has 164 valence electrons. The molecule has 2 heterocycles. The number of hydrogen-bond acceptors (Lipinski definition) is 6. The fourth-order valence-electron chi connectivity index (χ4n) is 2.84. The van der Waals surface area contributed by atoms with Crippen LogP contribution < -0.4 is 21.4 Å². The lowest BCUT2D eigenvalue weighted by molar-refractivity contribution is -0.137. The number of benzene rings is 1. The van der Waals surface area contributed by atoms with Gasteiger partial charge in [0.15, 0.2) is 0 Å². The summed E-state index contributed by atoms with van der Waals surface area (Å²) in [5.74, 6) is -1.46. The Balaban J connectivity index is 1.54. The van der Waals surface area contributed by atoms with Gasteiger partial charge in [0.2, 0.25) is 5.91 Å². The highest BCUT2D eigenvalue weighted by Gasteiger charge is 2.35. The second-order valence-electron chi connectivity index (χ2n) is 6.60. The van der Waals surface area contributed by atoms with Crippen molar-refractivity contribution in [2.24, 2.45) is 10.8 Å². The van der Waals surface area contributed by atoms with E-state index in [-0.39, 0.29) is 31.0 Å². The van der Waals surface area contributed by atoms with E-state index >= 15 is 0 Å². The summed E-state index contributed by atoms with van der Waals surface area (Å²) in [5.41, 5.74) is 5.01. The van der Waals surface area contributed by atoms with Crippen LogP contribution in [-0.4, -0.2) is 41.6 Å². The summed E-state index contributed by atoms with van der Waals surface area (Å²) < 4.78 is 50.7. The molecule has 2 amide bonds. The Hall–Kier alpha value is -3.70. The van der Waals surface area contributed by atoms with Crippen LogP contribution in [0.5, 0.6) is 0 Å². The van der Waals surface area contributed by atoms with E-state index in [1.807, 2.05) is 0 Å². The SMILES string of the molecule is NC(=O)C1CC(C(=O)NCCNc2ccc(C(F)(F)F)cn2)=NN1c1ccc(F)cc1. The van der Waals surface area contributed by atoms with Gasteiger partial charge in [0.1, 0.15) is 23.4 Å². The Morgan fingerprint density at radius 2 is 1.84 bits per heavy atom. The molecule has 1 aromatic heterocycles. The number of aromatic nitrogens is 1. The monoisotopic (exact) mass is 438 g/mol. The first kappa shape index (κ1) is 22.0. The van der Waals surface area contributed by atoms with E-state index in [2.05, 4.69) is 20.7 Å². The van der Waals surface area contributed by atoms with Crippen molar-refractivity contribution in [3.05, 3.63) is 54.0 Å². The maximum Gasteiger partial charge on any atom is 0.417 e. The zero-order valence-electron chi connectivity index (χ0n) is 16.0. The van der Waals surface area contributed by atoms with Crippen molar-refractivity contribution in [3.8, 4) is 0 Å². The maximum absolute atomic E-state index is 13.1. The number of hydrazone groups is 1. The Morgan fingerprint density at radius 1 is 1.13 bits per heavy atom. The topological polar surface area (TPSA) is 113 Å². The molecule has 8 nitrogen and oxygen atoms in total. The standard InChI is InChI=1S/C19H18F4N6O2/c20-12-2-4-13(5-3-12)29-15(17(24)30)9-14(28-29)18(31)26-8-7-25-16-6-1-11(10-27-16)19(21,22)23/h1-6,10,15H,7-9H2,(H2,24,30)(H,25,27)(H,26,31). The van der Waals surface area contributed by atoms with Gasteiger partial charge < -0.3 is 16.4 Å². The van der Waals surface area contributed by atoms with Crippen molar-refractivity contribution < 1.29 is 27.2 Å². The van der Waals surface area contributed by atoms with Gasteiger partial charge >= 0.3 is 6.18 Å². The fourth-order valence-corrected chi connectivity index (χ4v) is 2.84. The number of pyridine rings is 1. The van der Waals surface area contributed by atoms with Crippen molar-refractivity contribution in [1.82, 2.24) is 10.3 Å². The van der Waals surface area contributed by atoms with Gasteiger partial charge in [-0.25, -0.2) is 9.37 Å². The van der Waals surface area contributed by atoms with E-state index in [9.17, 15) is 27.2 Å². The number of amides is 2. The van der Waals surface area contributed by atoms with Crippen LogP contribution in [0.2, 0.25) is 0 Å². The van der Waals surface area contributed by atoms with Crippen LogP contribution in [0.1, 0.15) is 12.0 Å². The summed E-state index contributed by atoms with van der Waals surface area (Å²) in [5, 5.41) is 10.8. The first-order chi connectivity index (χ1) is 14.6. The number of rotatable bonds is 7. The van der Waals surface area contributed by atoms with Crippen LogP contribution in [0.25, 0.3) is 0 Å². The number of halogens is 4.